The first-order valence-electron chi connectivity index (χ1n) is 18.5. The third-order valence-electron chi connectivity index (χ3n) is 10.9. The smallest absolute Gasteiger partial charge is 0.252 e. The van der Waals surface area contributed by atoms with Gasteiger partial charge in [-0.1, -0.05) is 74.5 Å². The van der Waals surface area contributed by atoms with Crippen LogP contribution in [0.25, 0.3) is 11.3 Å². The molecule has 6 heteroatoms. The van der Waals surface area contributed by atoms with E-state index in [2.05, 4.69) is 159 Å². The van der Waals surface area contributed by atoms with Crippen LogP contribution in [0.5, 0.6) is 11.6 Å². The van der Waals surface area contributed by atoms with Gasteiger partial charge in [0.1, 0.15) is 5.75 Å². The highest BCUT2D eigenvalue weighted by Gasteiger charge is 2.44. The fourth-order valence-corrected chi connectivity index (χ4v) is 8.44. The number of aromatic nitrogens is 2. The highest BCUT2D eigenvalue weighted by molar-refractivity contribution is 7.00. The Hall–Kier alpha value is -6.14. The lowest BCUT2D eigenvalue weighted by Crippen LogP contribution is -2.61. The van der Waals surface area contributed by atoms with Crippen LogP contribution in [0.4, 0.5) is 34.1 Å². The molecule has 2 aliphatic rings. The number of rotatable bonds is 6. The Labute approximate surface area is 312 Å². The second-order valence-corrected chi connectivity index (χ2v) is 14.7. The Morgan fingerprint density at radius 1 is 0.547 bits per heavy atom. The lowest BCUT2D eigenvalue weighted by Gasteiger charge is -2.45. The Morgan fingerprint density at radius 2 is 1.15 bits per heavy atom. The van der Waals surface area contributed by atoms with Crippen LogP contribution in [0.15, 0.2) is 134 Å². The van der Waals surface area contributed by atoms with Gasteiger partial charge in [0, 0.05) is 41.2 Å². The fourth-order valence-electron chi connectivity index (χ4n) is 8.44. The van der Waals surface area contributed by atoms with E-state index in [1.165, 1.54) is 72.6 Å². The zero-order valence-electron chi connectivity index (χ0n) is 31.1. The van der Waals surface area contributed by atoms with Gasteiger partial charge in [-0.25, -0.2) is 4.98 Å². The van der Waals surface area contributed by atoms with E-state index in [0.717, 1.165) is 22.7 Å². The average Bonchev–Trinajstić information content (AvgIpc) is 3.16. The number of benzene rings is 5. The van der Waals surface area contributed by atoms with Gasteiger partial charge in [-0.2, -0.15) is 0 Å². The van der Waals surface area contributed by atoms with Gasteiger partial charge in [-0.3, -0.25) is 4.98 Å². The van der Waals surface area contributed by atoms with E-state index in [1.807, 2.05) is 24.4 Å². The summed E-state index contributed by atoms with van der Waals surface area (Å²) >= 11 is 0. The maximum absolute atomic E-state index is 6.45. The zero-order valence-corrected chi connectivity index (χ0v) is 31.1. The normalized spacial score (nSPS) is 12.8. The molecule has 0 aliphatic carbocycles. The maximum Gasteiger partial charge on any atom is 0.252 e. The topological polar surface area (TPSA) is 41.5 Å². The van der Waals surface area contributed by atoms with Gasteiger partial charge in [0.25, 0.3) is 6.71 Å². The van der Waals surface area contributed by atoms with E-state index in [-0.39, 0.29) is 6.71 Å². The minimum Gasteiger partial charge on any atom is -0.439 e. The largest absolute Gasteiger partial charge is 0.439 e. The number of para-hydroxylation sites is 2. The lowest BCUT2D eigenvalue weighted by molar-refractivity contribution is 0.463. The number of anilines is 6. The molecule has 0 unspecified atom stereocenters. The molecule has 2 aliphatic heterocycles. The number of nitrogens with zero attached hydrogens (tertiary/aromatic N) is 4. The molecule has 0 fully saturated rings. The summed E-state index contributed by atoms with van der Waals surface area (Å²) < 4.78 is 6.45. The van der Waals surface area contributed by atoms with Gasteiger partial charge in [-0.05, 0) is 138 Å². The molecule has 53 heavy (non-hydrogen) atoms. The molecule has 0 spiro atoms. The van der Waals surface area contributed by atoms with E-state index >= 15 is 0 Å². The summed E-state index contributed by atoms with van der Waals surface area (Å²) in [5, 5.41) is 0. The van der Waals surface area contributed by atoms with Crippen molar-refractivity contribution in [2.24, 2.45) is 0 Å². The molecule has 4 heterocycles. The van der Waals surface area contributed by atoms with Crippen LogP contribution in [0, 0.1) is 27.7 Å². The molecule has 5 aromatic carbocycles. The third-order valence-corrected chi connectivity index (χ3v) is 10.9. The van der Waals surface area contributed by atoms with Gasteiger partial charge in [0.15, 0.2) is 0 Å². The fraction of sp³-hybridized carbons (Fsp3) is 0.149. The summed E-state index contributed by atoms with van der Waals surface area (Å²) in [6.07, 6.45) is 3.71. The predicted octanol–water partition coefficient (Wildman–Crippen LogP) is 10.4. The summed E-state index contributed by atoms with van der Waals surface area (Å²) in [4.78, 5) is 14.4. The highest BCUT2D eigenvalue weighted by atomic mass is 16.5. The Morgan fingerprint density at radius 3 is 1.75 bits per heavy atom. The summed E-state index contributed by atoms with van der Waals surface area (Å²) in [5.74, 6) is 1.73. The molecular formula is C47H41BN4O. The number of hydrogen-bond donors (Lipinski definition) is 0. The Kier molecular flexibility index (Phi) is 7.92. The van der Waals surface area contributed by atoms with Crippen molar-refractivity contribution in [2.45, 2.75) is 47.5 Å². The second kappa shape index (κ2) is 12.8. The summed E-state index contributed by atoms with van der Waals surface area (Å²) in [7, 11) is 0. The minimum atomic E-state index is -0.0761. The minimum absolute atomic E-state index is 0.0761. The van der Waals surface area contributed by atoms with Crippen LogP contribution in [0.2, 0.25) is 0 Å². The van der Waals surface area contributed by atoms with E-state index in [4.69, 9.17) is 9.72 Å². The number of aryl methyl sites for hydroxylation is 4. The first-order valence-corrected chi connectivity index (χ1v) is 18.5. The molecule has 0 radical (unpaired) electrons. The van der Waals surface area contributed by atoms with E-state index < -0.39 is 0 Å². The lowest BCUT2D eigenvalue weighted by atomic mass is 9.33. The quantitative estimate of drug-likeness (QED) is 0.163. The van der Waals surface area contributed by atoms with E-state index in [9.17, 15) is 0 Å². The van der Waals surface area contributed by atoms with Crippen molar-refractivity contribution < 1.29 is 4.74 Å². The molecule has 2 aromatic heterocycles. The van der Waals surface area contributed by atoms with Crippen LogP contribution in [-0.2, 0) is 0 Å². The Bertz CT molecular complexity index is 2490. The van der Waals surface area contributed by atoms with E-state index in [0.29, 0.717) is 11.8 Å². The maximum atomic E-state index is 6.45. The summed E-state index contributed by atoms with van der Waals surface area (Å²) in [6.45, 7) is 13.3. The first-order chi connectivity index (χ1) is 25.8. The Balaban J connectivity index is 1.36. The summed E-state index contributed by atoms with van der Waals surface area (Å²) in [6, 6.07) is 43.6. The average molecular weight is 689 g/mol. The molecular weight excluding hydrogens is 647 g/mol. The molecule has 0 amide bonds. The van der Waals surface area contributed by atoms with Gasteiger partial charge in [-0.15, -0.1) is 0 Å². The SMILES string of the molecule is Cc1cccc(C)c1N1c2ccc(Oc3ccccn3)cc2B2c3cc(-c4cc(C(C)C)ccn4)ccc3N(c3c(C)cccc3C)c3cccc1c32. The van der Waals surface area contributed by atoms with Crippen LogP contribution in [-0.4, -0.2) is 16.7 Å². The molecule has 0 atom stereocenters. The molecule has 5 nitrogen and oxygen atoms in total. The molecule has 258 valence electrons. The van der Waals surface area contributed by atoms with Gasteiger partial charge >= 0.3 is 0 Å². The van der Waals surface area contributed by atoms with Gasteiger partial charge in [0.2, 0.25) is 5.88 Å². The molecule has 9 rings (SSSR count). The molecule has 0 bridgehead atoms. The standard InChI is InChI=1S/C47H41BN4O/c1-29(2)34-23-25-49-39(27-34)35-19-21-40-37(26-35)48-38-28-36(53-44-18-7-8-24-50-44)20-22-41(38)52(47-32(5)14-10-15-33(47)6)43-17-11-16-42(45(43)48)51(40)46-30(3)12-9-13-31(46)4/h7-29H,1-6H3. The summed E-state index contributed by atoms with van der Waals surface area (Å²) in [5.41, 5.74) is 19.1. The first kappa shape index (κ1) is 32.8. The molecule has 0 saturated carbocycles. The predicted molar refractivity (Wildman–Crippen MR) is 221 cm³/mol. The molecule has 0 saturated heterocycles. The number of hydrogen-bond acceptors (Lipinski definition) is 5. The van der Waals surface area contributed by atoms with Crippen molar-refractivity contribution in [1.82, 2.24) is 9.97 Å². The van der Waals surface area contributed by atoms with Crippen LogP contribution < -0.4 is 30.9 Å². The van der Waals surface area contributed by atoms with Crippen molar-refractivity contribution in [1.29, 1.82) is 0 Å². The van der Waals surface area contributed by atoms with Crippen molar-refractivity contribution in [3.63, 3.8) is 0 Å². The third kappa shape index (κ3) is 5.40. The number of fused-ring (bicyclic) bond motifs is 4. The monoisotopic (exact) mass is 688 g/mol. The van der Waals surface area contributed by atoms with Crippen LogP contribution in [0.3, 0.4) is 0 Å². The molecule has 7 aromatic rings. The zero-order chi connectivity index (χ0) is 36.4. The molecule has 0 N–H and O–H groups in total. The van der Waals surface area contributed by atoms with Crippen molar-refractivity contribution >= 4 is 57.2 Å². The van der Waals surface area contributed by atoms with Gasteiger partial charge in [0.05, 0.1) is 17.1 Å². The van der Waals surface area contributed by atoms with Gasteiger partial charge < -0.3 is 14.5 Å². The van der Waals surface area contributed by atoms with E-state index in [1.54, 1.807) is 6.20 Å². The highest BCUT2D eigenvalue weighted by Crippen LogP contribution is 2.47. The van der Waals surface area contributed by atoms with Crippen LogP contribution in [0.1, 0.15) is 47.6 Å². The van der Waals surface area contributed by atoms with Crippen molar-refractivity contribution in [3.8, 4) is 22.9 Å². The van der Waals surface area contributed by atoms with Crippen molar-refractivity contribution in [3.05, 3.63) is 162 Å². The van der Waals surface area contributed by atoms with Crippen LogP contribution >= 0.6 is 0 Å². The number of pyridine rings is 2. The van der Waals surface area contributed by atoms with Crippen molar-refractivity contribution in [2.75, 3.05) is 9.80 Å². The second-order valence-electron chi connectivity index (χ2n) is 14.7. The number of ether oxygens (including phenoxy) is 1.